The number of aliphatic hydroxyl groups is 2. The largest absolute Gasteiger partial charge is 0.462 e. The highest BCUT2D eigenvalue weighted by Crippen LogP contribution is 2.74. The number of aliphatic hydroxyl groups excluding tert-OH is 2. The van der Waals surface area contributed by atoms with E-state index in [0.29, 0.717) is 24.8 Å². The van der Waals surface area contributed by atoms with Gasteiger partial charge >= 0.3 is 5.97 Å². The zero-order valence-corrected chi connectivity index (χ0v) is 33.6. The monoisotopic (exact) mass is 719 g/mol. The molecule has 1 amide bonds. The maximum atomic E-state index is 14.3. The van der Waals surface area contributed by atoms with Crippen molar-refractivity contribution in [1.29, 1.82) is 0 Å². The normalized spacial score (nSPS) is 38.1. The highest BCUT2D eigenvalue weighted by atomic mass is 16.5. The molecule has 0 aromatic heterocycles. The molecule has 0 spiro atoms. The van der Waals surface area contributed by atoms with E-state index in [9.17, 15) is 19.8 Å². The van der Waals surface area contributed by atoms with Gasteiger partial charge in [0.15, 0.2) is 0 Å². The van der Waals surface area contributed by atoms with Crippen molar-refractivity contribution in [2.75, 3.05) is 39.3 Å². The van der Waals surface area contributed by atoms with Gasteiger partial charge in [0.05, 0.1) is 12.2 Å². The second-order valence-electron chi connectivity index (χ2n) is 18.5. The molecule has 0 aliphatic heterocycles. The number of esters is 1. The van der Waals surface area contributed by atoms with Crippen molar-refractivity contribution in [1.82, 2.24) is 16.0 Å². The molecule has 4 saturated carbocycles. The summed E-state index contributed by atoms with van der Waals surface area (Å²) in [5.41, 5.74) is 5.16. The third-order valence-electron chi connectivity index (χ3n) is 15.0. The van der Waals surface area contributed by atoms with Crippen LogP contribution in [0.4, 0.5) is 0 Å². The number of amides is 1. The van der Waals surface area contributed by atoms with Gasteiger partial charge in [0.25, 0.3) is 0 Å². The molecule has 51 heavy (non-hydrogen) atoms. The highest BCUT2D eigenvalue weighted by Gasteiger charge is 2.72. The molecule has 4 rings (SSSR count). The Labute approximate surface area is 311 Å². The standard InChI is InChI=1S/C42H78N4O5/c1-28(2)14-12-15-31(39(50)46-25-11-10-22-45-24-13-23-44-21-9-8-20-43)37-33-26-35(49)38-40(5)18-17-34(48)29(3)32(40)16-19-41(38,6)42(33,7)27-36(37)51-30(4)47/h28-29,31-38,44-45,48-49H,8-27,43H2,1-7H3,(H,46,50)/t29-,31-,32?,33?,34+,35+,36-,37-,38?,40-,41-,42-/m0/s1. The van der Waals surface area contributed by atoms with E-state index in [-0.39, 0.29) is 69.9 Å². The van der Waals surface area contributed by atoms with Crippen LogP contribution in [0.2, 0.25) is 0 Å². The molecule has 7 N–H and O–H groups in total. The van der Waals surface area contributed by atoms with Crippen LogP contribution in [0.15, 0.2) is 0 Å². The average molecular weight is 719 g/mol. The molecule has 0 aromatic carbocycles. The summed E-state index contributed by atoms with van der Waals surface area (Å²) in [5.74, 6) is 0.766. The predicted octanol–water partition coefficient (Wildman–Crippen LogP) is 5.80. The SMILES string of the molecule is CC(=O)O[C@H]1C[C@@]2(C)C(C[C@@H](O)C3[C@@]4(C)CC[C@@H](O)[C@@H](C)C4CC[C@@]32C)[C@@H]1[C@H](CCCC(C)C)C(=O)NCCCCNCCCNCCCCN. The van der Waals surface area contributed by atoms with E-state index in [4.69, 9.17) is 10.5 Å². The maximum absolute atomic E-state index is 14.3. The van der Waals surface area contributed by atoms with E-state index in [1.807, 2.05) is 0 Å². The number of carbonyl (C=O) groups is 2. The molecule has 0 bridgehead atoms. The van der Waals surface area contributed by atoms with E-state index in [1.54, 1.807) is 0 Å². The van der Waals surface area contributed by atoms with Gasteiger partial charge in [-0.05, 0) is 156 Å². The summed E-state index contributed by atoms with van der Waals surface area (Å²) in [6.45, 7) is 20.8. The molecule has 4 fully saturated rings. The minimum Gasteiger partial charge on any atom is -0.462 e. The summed E-state index contributed by atoms with van der Waals surface area (Å²) in [4.78, 5) is 27.0. The summed E-state index contributed by atoms with van der Waals surface area (Å²) >= 11 is 0. The Hall–Kier alpha value is -1.26. The summed E-state index contributed by atoms with van der Waals surface area (Å²) in [7, 11) is 0. The minimum absolute atomic E-state index is 0.0573. The topological polar surface area (TPSA) is 146 Å². The molecule has 4 aliphatic carbocycles. The molecule has 0 aromatic rings. The lowest BCUT2D eigenvalue weighted by Crippen LogP contribution is -2.66. The number of rotatable bonds is 20. The number of nitrogens with one attached hydrogen (secondary N) is 3. The Kier molecular flexibility index (Phi) is 15.7. The molecule has 0 heterocycles. The molecule has 9 heteroatoms. The van der Waals surface area contributed by atoms with Gasteiger partial charge < -0.3 is 36.6 Å². The first-order valence-corrected chi connectivity index (χ1v) is 21.1. The maximum Gasteiger partial charge on any atom is 0.302 e. The van der Waals surface area contributed by atoms with E-state index in [1.165, 1.54) is 6.92 Å². The van der Waals surface area contributed by atoms with Crippen molar-refractivity contribution in [2.45, 2.75) is 157 Å². The lowest BCUT2D eigenvalue weighted by atomic mass is 9.36. The highest BCUT2D eigenvalue weighted by molar-refractivity contribution is 5.79. The van der Waals surface area contributed by atoms with Gasteiger partial charge in [-0.25, -0.2) is 0 Å². The first-order chi connectivity index (χ1) is 24.2. The number of unbranched alkanes of at least 4 members (excludes halogenated alkanes) is 2. The second kappa shape index (κ2) is 18.9. The quantitative estimate of drug-likeness (QED) is 0.0685. The molecular formula is C42H78N4O5. The molecule has 0 saturated heterocycles. The van der Waals surface area contributed by atoms with Crippen molar-refractivity contribution >= 4 is 11.9 Å². The Morgan fingerprint density at radius 3 is 2.12 bits per heavy atom. The smallest absolute Gasteiger partial charge is 0.302 e. The van der Waals surface area contributed by atoms with Crippen LogP contribution in [0.3, 0.4) is 0 Å². The fourth-order valence-electron chi connectivity index (χ4n) is 12.3. The number of nitrogens with two attached hydrogens (primary N) is 1. The third kappa shape index (κ3) is 9.52. The summed E-state index contributed by atoms with van der Waals surface area (Å²) in [5, 5.41) is 33.5. The molecular weight excluding hydrogens is 640 g/mol. The predicted molar refractivity (Wildman–Crippen MR) is 206 cm³/mol. The second-order valence-corrected chi connectivity index (χ2v) is 18.5. The van der Waals surface area contributed by atoms with Crippen molar-refractivity contribution in [2.24, 2.45) is 63.4 Å². The van der Waals surface area contributed by atoms with Crippen LogP contribution in [-0.4, -0.2) is 79.7 Å². The number of ether oxygens (including phenoxy) is 1. The van der Waals surface area contributed by atoms with Gasteiger partial charge in [0.2, 0.25) is 5.91 Å². The molecule has 296 valence electrons. The van der Waals surface area contributed by atoms with Crippen molar-refractivity contribution in [3.63, 3.8) is 0 Å². The molecule has 12 atom stereocenters. The van der Waals surface area contributed by atoms with Crippen molar-refractivity contribution in [3.8, 4) is 0 Å². The van der Waals surface area contributed by atoms with E-state index >= 15 is 0 Å². The fourth-order valence-corrected chi connectivity index (χ4v) is 12.3. The Morgan fingerprint density at radius 2 is 1.47 bits per heavy atom. The van der Waals surface area contributed by atoms with Crippen LogP contribution in [0, 0.1) is 57.7 Å². The van der Waals surface area contributed by atoms with Crippen LogP contribution in [0.5, 0.6) is 0 Å². The number of carbonyl (C=O) groups excluding carboxylic acids is 2. The average Bonchev–Trinajstić information content (AvgIpc) is 3.34. The molecule has 3 unspecified atom stereocenters. The van der Waals surface area contributed by atoms with Gasteiger partial charge in [0, 0.05) is 25.3 Å². The summed E-state index contributed by atoms with van der Waals surface area (Å²) < 4.78 is 6.23. The first-order valence-electron chi connectivity index (χ1n) is 21.1. The van der Waals surface area contributed by atoms with Crippen LogP contribution >= 0.6 is 0 Å². The molecule has 0 radical (unpaired) electrons. The lowest BCUT2D eigenvalue weighted by Gasteiger charge is -2.69. The van der Waals surface area contributed by atoms with Crippen molar-refractivity contribution in [3.05, 3.63) is 0 Å². The molecule has 4 aliphatic rings. The number of hydrogen-bond donors (Lipinski definition) is 6. The Morgan fingerprint density at radius 1 is 0.824 bits per heavy atom. The van der Waals surface area contributed by atoms with Gasteiger partial charge in [-0.3, -0.25) is 9.59 Å². The number of fused-ring (bicyclic) bond motifs is 5. The third-order valence-corrected chi connectivity index (χ3v) is 15.0. The van der Waals surface area contributed by atoms with Crippen LogP contribution < -0.4 is 21.7 Å². The Bertz CT molecular complexity index is 1110. The Balaban J connectivity index is 1.45. The van der Waals surface area contributed by atoms with Crippen LogP contribution in [-0.2, 0) is 14.3 Å². The zero-order chi connectivity index (χ0) is 37.4. The van der Waals surface area contributed by atoms with E-state index < -0.39 is 6.10 Å². The summed E-state index contributed by atoms with van der Waals surface area (Å²) in [6, 6.07) is 0. The number of hydrogen-bond acceptors (Lipinski definition) is 8. The lowest BCUT2D eigenvalue weighted by molar-refractivity contribution is -0.239. The first kappa shape index (κ1) is 42.5. The fraction of sp³-hybridized carbons (Fsp3) is 0.952. The van der Waals surface area contributed by atoms with Crippen LogP contribution in [0.1, 0.15) is 138 Å². The zero-order valence-electron chi connectivity index (χ0n) is 33.6. The van der Waals surface area contributed by atoms with Crippen LogP contribution in [0.25, 0.3) is 0 Å². The van der Waals surface area contributed by atoms with Gasteiger partial charge in [-0.2, -0.15) is 0 Å². The van der Waals surface area contributed by atoms with Gasteiger partial charge in [-0.15, -0.1) is 0 Å². The summed E-state index contributed by atoms with van der Waals surface area (Å²) in [6.07, 6.45) is 12.0. The van der Waals surface area contributed by atoms with Gasteiger partial charge in [-0.1, -0.05) is 54.4 Å². The van der Waals surface area contributed by atoms with E-state index in [0.717, 1.165) is 116 Å². The van der Waals surface area contributed by atoms with Crippen molar-refractivity contribution < 1.29 is 24.5 Å². The van der Waals surface area contributed by atoms with Gasteiger partial charge in [0.1, 0.15) is 6.10 Å². The minimum atomic E-state index is -0.485. The van der Waals surface area contributed by atoms with E-state index in [2.05, 4.69) is 57.5 Å². The molecule has 9 nitrogen and oxygen atoms in total.